The number of hydrogen-bond acceptors (Lipinski definition) is 6. The minimum absolute atomic E-state index is 0.0363. The smallest absolute Gasteiger partial charge is 0.247 e. The van der Waals surface area contributed by atoms with Gasteiger partial charge in [-0.2, -0.15) is 0 Å². The molecule has 0 radical (unpaired) electrons. The highest BCUT2D eigenvalue weighted by Gasteiger charge is 2.33. The molecule has 1 aromatic heterocycles. The Labute approximate surface area is 170 Å². The molecule has 1 N–H and O–H groups in total. The lowest BCUT2D eigenvalue weighted by Crippen LogP contribution is -2.44. The average molecular weight is 416 g/mol. The van der Waals surface area contributed by atoms with E-state index in [0.717, 1.165) is 15.4 Å². The van der Waals surface area contributed by atoms with Gasteiger partial charge in [-0.25, -0.2) is 13.4 Å². The molecule has 8 heteroatoms. The zero-order chi connectivity index (χ0) is 21.1. The molecule has 1 heterocycles. The highest BCUT2D eigenvalue weighted by Crippen LogP contribution is 2.25. The largest absolute Gasteiger partial charge is 0.451 e. The minimum Gasteiger partial charge on any atom is -0.451 e. The summed E-state index contributed by atoms with van der Waals surface area (Å²) >= 11 is 0. The lowest BCUT2D eigenvalue weighted by atomic mass is 10.2. The van der Waals surface area contributed by atoms with Crippen LogP contribution in [0, 0.1) is 0 Å². The van der Waals surface area contributed by atoms with Crippen LogP contribution in [0.25, 0.3) is 11.3 Å². The number of benzene rings is 2. The quantitative estimate of drug-likeness (QED) is 0.591. The maximum Gasteiger partial charge on any atom is 0.247 e. The Morgan fingerprint density at radius 1 is 1.10 bits per heavy atom. The third kappa shape index (κ3) is 5.30. The van der Waals surface area contributed by atoms with Crippen molar-refractivity contribution in [3.8, 4) is 11.3 Å². The molecule has 2 aromatic carbocycles. The summed E-state index contributed by atoms with van der Waals surface area (Å²) in [7, 11) is -4.04. The van der Waals surface area contributed by atoms with Crippen LogP contribution in [-0.4, -0.2) is 34.8 Å². The Morgan fingerprint density at radius 2 is 1.76 bits per heavy atom. The SMILES string of the molecule is CC(C)(C)OC(O)N(Cc1ccccc1)S(=O)(=O)c1ccc(-c2cocn2)cc1. The van der Waals surface area contributed by atoms with Gasteiger partial charge in [-0.3, -0.25) is 0 Å². The lowest BCUT2D eigenvalue weighted by molar-refractivity contribution is -0.216. The van der Waals surface area contributed by atoms with Crippen molar-refractivity contribution in [3.63, 3.8) is 0 Å². The highest BCUT2D eigenvalue weighted by molar-refractivity contribution is 7.89. The molecule has 3 aromatic rings. The number of rotatable bonds is 7. The molecule has 0 aliphatic heterocycles. The first-order valence-corrected chi connectivity index (χ1v) is 10.5. The summed E-state index contributed by atoms with van der Waals surface area (Å²) in [5.74, 6) is 0. The molecular weight excluding hydrogens is 392 g/mol. The van der Waals surface area contributed by atoms with Crippen molar-refractivity contribution in [2.24, 2.45) is 0 Å². The molecule has 0 fully saturated rings. The molecule has 7 nitrogen and oxygen atoms in total. The van der Waals surface area contributed by atoms with Crippen LogP contribution in [0.3, 0.4) is 0 Å². The zero-order valence-electron chi connectivity index (χ0n) is 16.5. The summed E-state index contributed by atoms with van der Waals surface area (Å²) in [4.78, 5) is 4.09. The second-order valence-electron chi connectivity index (χ2n) is 7.49. The number of sulfonamides is 1. The second kappa shape index (κ2) is 8.46. The molecule has 154 valence electrons. The standard InChI is InChI=1S/C21H24N2O5S/c1-21(2,3)28-20(24)23(13-16-7-5-4-6-8-16)29(25,26)18-11-9-17(10-12-18)19-14-27-15-22-19/h4-12,14-15,20,24H,13H2,1-3H3. The molecular formula is C21H24N2O5S. The van der Waals surface area contributed by atoms with Gasteiger partial charge in [0, 0.05) is 12.1 Å². The molecule has 0 aliphatic rings. The van der Waals surface area contributed by atoms with Gasteiger partial charge in [0.05, 0.1) is 10.5 Å². The van der Waals surface area contributed by atoms with Crippen molar-refractivity contribution in [2.75, 3.05) is 0 Å². The lowest BCUT2D eigenvalue weighted by Gasteiger charge is -2.32. The summed E-state index contributed by atoms with van der Waals surface area (Å²) in [5.41, 5.74) is 1.32. The maximum absolute atomic E-state index is 13.3. The third-order valence-electron chi connectivity index (χ3n) is 4.08. The second-order valence-corrected chi connectivity index (χ2v) is 9.38. The van der Waals surface area contributed by atoms with E-state index >= 15 is 0 Å². The van der Waals surface area contributed by atoms with Crippen LogP contribution in [0.4, 0.5) is 0 Å². The van der Waals surface area contributed by atoms with Crippen LogP contribution in [0.2, 0.25) is 0 Å². The van der Waals surface area contributed by atoms with Gasteiger partial charge in [0.1, 0.15) is 12.0 Å². The predicted octanol–water partition coefficient (Wildman–Crippen LogP) is 3.62. The van der Waals surface area contributed by atoms with E-state index in [2.05, 4.69) is 4.98 Å². The van der Waals surface area contributed by atoms with Gasteiger partial charge in [-0.15, -0.1) is 4.31 Å². The fourth-order valence-electron chi connectivity index (χ4n) is 2.71. The van der Waals surface area contributed by atoms with E-state index < -0.39 is 22.0 Å². The maximum atomic E-state index is 13.3. The number of hydrogen-bond donors (Lipinski definition) is 1. The van der Waals surface area contributed by atoms with Crippen LogP contribution in [0.5, 0.6) is 0 Å². The first-order valence-electron chi connectivity index (χ1n) is 9.07. The minimum atomic E-state index is -4.04. The van der Waals surface area contributed by atoms with Crippen LogP contribution >= 0.6 is 0 Å². The van der Waals surface area contributed by atoms with E-state index in [1.807, 2.05) is 18.2 Å². The molecule has 3 rings (SSSR count). The number of ether oxygens (including phenoxy) is 1. The Morgan fingerprint density at radius 3 is 2.31 bits per heavy atom. The number of aliphatic hydroxyl groups excluding tert-OH is 1. The Kier molecular flexibility index (Phi) is 6.18. The Balaban J connectivity index is 1.94. The van der Waals surface area contributed by atoms with Crippen LogP contribution in [0.15, 0.2) is 76.6 Å². The average Bonchev–Trinajstić information content (AvgIpc) is 3.20. The van der Waals surface area contributed by atoms with Gasteiger partial charge < -0.3 is 14.3 Å². The van der Waals surface area contributed by atoms with Crippen LogP contribution < -0.4 is 0 Å². The monoisotopic (exact) mass is 416 g/mol. The predicted molar refractivity (Wildman–Crippen MR) is 108 cm³/mol. The summed E-state index contributed by atoms with van der Waals surface area (Å²) in [6.07, 6.45) is 1.14. The van der Waals surface area contributed by atoms with Gasteiger partial charge in [-0.05, 0) is 38.5 Å². The fourth-order valence-corrected chi connectivity index (χ4v) is 4.06. The number of nitrogens with zero attached hydrogens (tertiary/aromatic N) is 2. The molecule has 0 saturated heterocycles. The summed E-state index contributed by atoms with van der Waals surface area (Å²) in [6, 6.07) is 15.3. The Hall–Kier alpha value is -2.52. The van der Waals surface area contributed by atoms with Crippen molar-refractivity contribution >= 4 is 10.0 Å². The van der Waals surface area contributed by atoms with E-state index in [1.54, 1.807) is 45.0 Å². The van der Waals surface area contributed by atoms with Crippen LogP contribution in [0.1, 0.15) is 26.3 Å². The van der Waals surface area contributed by atoms with E-state index in [9.17, 15) is 13.5 Å². The molecule has 0 spiro atoms. The topological polar surface area (TPSA) is 92.9 Å². The molecule has 0 bridgehead atoms. The Bertz CT molecular complexity index is 1010. The van der Waals surface area contributed by atoms with Gasteiger partial charge in [-0.1, -0.05) is 42.5 Å². The van der Waals surface area contributed by atoms with Gasteiger partial charge in [0.25, 0.3) is 0 Å². The first-order chi connectivity index (χ1) is 13.7. The molecule has 1 atom stereocenters. The molecule has 0 amide bonds. The number of aliphatic hydroxyl groups is 1. The molecule has 29 heavy (non-hydrogen) atoms. The third-order valence-corrected chi connectivity index (χ3v) is 5.87. The summed E-state index contributed by atoms with van der Waals surface area (Å²) in [5, 5.41) is 10.6. The van der Waals surface area contributed by atoms with Gasteiger partial charge in [0.15, 0.2) is 6.39 Å². The van der Waals surface area contributed by atoms with E-state index in [1.165, 1.54) is 24.8 Å². The molecule has 0 aliphatic carbocycles. The van der Waals surface area contributed by atoms with E-state index in [0.29, 0.717) is 5.69 Å². The van der Waals surface area contributed by atoms with E-state index in [4.69, 9.17) is 9.15 Å². The van der Waals surface area contributed by atoms with E-state index in [-0.39, 0.29) is 11.4 Å². The molecule has 1 unspecified atom stereocenters. The van der Waals surface area contributed by atoms with Crippen molar-refractivity contribution in [1.82, 2.24) is 9.29 Å². The van der Waals surface area contributed by atoms with Crippen molar-refractivity contribution in [2.45, 2.75) is 44.2 Å². The molecule has 0 saturated carbocycles. The van der Waals surface area contributed by atoms with Crippen molar-refractivity contribution in [1.29, 1.82) is 0 Å². The summed E-state index contributed by atoms with van der Waals surface area (Å²) in [6.45, 7) is 5.20. The van der Waals surface area contributed by atoms with Crippen LogP contribution in [-0.2, 0) is 21.3 Å². The van der Waals surface area contributed by atoms with Gasteiger partial charge >= 0.3 is 0 Å². The number of aromatic nitrogens is 1. The summed E-state index contributed by atoms with van der Waals surface area (Å²) < 4.78 is 38.1. The van der Waals surface area contributed by atoms with Crippen molar-refractivity contribution in [3.05, 3.63) is 72.8 Å². The zero-order valence-corrected chi connectivity index (χ0v) is 17.3. The number of oxazole rings is 1. The van der Waals surface area contributed by atoms with Gasteiger partial charge in [0.2, 0.25) is 16.4 Å². The first kappa shape index (κ1) is 21.2. The fraction of sp³-hybridized carbons (Fsp3) is 0.286. The normalized spacial score (nSPS) is 13.6. The van der Waals surface area contributed by atoms with Crippen molar-refractivity contribution < 1.29 is 22.7 Å². The highest BCUT2D eigenvalue weighted by atomic mass is 32.2.